The lowest BCUT2D eigenvalue weighted by molar-refractivity contribution is 0.187. The predicted molar refractivity (Wildman–Crippen MR) is 118 cm³/mol. The molecule has 4 N–H and O–H groups in total. The fourth-order valence-corrected chi connectivity index (χ4v) is 3.02. The Balaban J connectivity index is 1.81. The van der Waals surface area contributed by atoms with Crippen LogP contribution in [-0.2, 0) is 11.3 Å². The predicted octanol–water partition coefficient (Wildman–Crippen LogP) is 2.87. The second-order valence-electron chi connectivity index (χ2n) is 6.77. The SMILES string of the molecule is C=C(Nc1cccc(Cn2nc(-c3ccc(C(O)CN)cc3)ccc2=O)c1)OCC. The first kappa shape index (κ1) is 21.3. The van der Waals surface area contributed by atoms with Gasteiger partial charge in [-0.2, -0.15) is 5.10 Å². The van der Waals surface area contributed by atoms with E-state index in [1.807, 2.05) is 55.5 Å². The Kier molecular flexibility index (Phi) is 7.00. The van der Waals surface area contributed by atoms with Crippen LogP contribution in [0.4, 0.5) is 5.69 Å². The minimum absolute atomic E-state index is 0.161. The van der Waals surface area contributed by atoms with Gasteiger partial charge in [-0.3, -0.25) is 4.79 Å². The van der Waals surface area contributed by atoms with Crippen molar-refractivity contribution in [3.05, 3.63) is 94.6 Å². The van der Waals surface area contributed by atoms with Gasteiger partial charge in [0.05, 0.1) is 24.9 Å². The molecule has 1 unspecified atom stereocenters. The van der Waals surface area contributed by atoms with E-state index in [0.717, 1.165) is 22.4 Å². The minimum atomic E-state index is -0.694. The quantitative estimate of drug-likeness (QED) is 0.472. The molecule has 0 saturated carbocycles. The number of ether oxygens (including phenoxy) is 1. The van der Waals surface area contributed by atoms with Crippen molar-refractivity contribution in [1.29, 1.82) is 0 Å². The molecule has 0 aliphatic rings. The molecule has 3 aromatic rings. The Morgan fingerprint density at radius 1 is 1.23 bits per heavy atom. The molecule has 0 spiro atoms. The minimum Gasteiger partial charge on any atom is -0.480 e. The molecular formula is C23H26N4O3. The Morgan fingerprint density at radius 3 is 2.70 bits per heavy atom. The lowest BCUT2D eigenvalue weighted by Gasteiger charge is -2.12. The van der Waals surface area contributed by atoms with Crippen LogP contribution in [0.15, 0.2) is 77.9 Å². The fraction of sp³-hybridized carbons (Fsp3) is 0.217. The number of rotatable bonds is 9. The number of aliphatic hydroxyl groups excluding tert-OH is 1. The highest BCUT2D eigenvalue weighted by atomic mass is 16.5. The van der Waals surface area contributed by atoms with Gasteiger partial charge in [0.25, 0.3) is 5.56 Å². The summed E-state index contributed by atoms with van der Waals surface area (Å²) in [5, 5.41) is 17.4. The molecule has 0 aliphatic heterocycles. The van der Waals surface area contributed by atoms with E-state index in [2.05, 4.69) is 17.0 Å². The zero-order valence-electron chi connectivity index (χ0n) is 16.9. The molecule has 30 heavy (non-hydrogen) atoms. The number of aliphatic hydroxyl groups is 1. The molecule has 1 aromatic heterocycles. The van der Waals surface area contributed by atoms with Gasteiger partial charge in [-0.05, 0) is 42.8 Å². The van der Waals surface area contributed by atoms with Crippen molar-refractivity contribution in [3.63, 3.8) is 0 Å². The first-order valence-electron chi connectivity index (χ1n) is 9.74. The summed E-state index contributed by atoms with van der Waals surface area (Å²) in [6.45, 7) is 6.72. The van der Waals surface area contributed by atoms with Gasteiger partial charge in [0, 0.05) is 23.9 Å². The Morgan fingerprint density at radius 2 is 2.00 bits per heavy atom. The van der Waals surface area contributed by atoms with Crippen LogP contribution in [0.5, 0.6) is 0 Å². The van der Waals surface area contributed by atoms with Crippen molar-refractivity contribution in [2.45, 2.75) is 19.6 Å². The van der Waals surface area contributed by atoms with E-state index in [1.54, 1.807) is 6.07 Å². The lowest BCUT2D eigenvalue weighted by atomic mass is 10.1. The molecule has 1 atom stereocenters. The van der Waals surface area contributed by atoms with Gasteiger partial charge < -0.3 is 20.9 Å². The highest BCUT2D eigenvalue weighted by Crippen LogP contribution is 2.20. The van der Waals surface area contributed by atoms with Gasteiger partial charge in [0.2, 0.25) is 0 Å². The second-order valence-corrected chi connectivity index (χ2v) is 6.77. The maximum Gasteiger partial charge on any atom is 0.267 e. The maximum atomic E-state index is 12.3. The number of nitrogens with one attached hydrogen (secondary N) is 1. The molecule has 3 rings (SSSR count). The third-order valence-corrected chi connectivity index (χ3v) is 4.54. The van der Waals surface area contributed by atoms with Crippen LogP contribution in [0.2, 0.25) is 0 Å². The maximum absolute atomic E-state index is 12.3. The van der Waals surface area contributed by atoms with Crippen molar-refractivity contribution >= 4 is 5.69 Å². The second kappa shape index (κ2) is 9.87. The highest BCUT2D eigenvalue weighted by molar-refractivity contribution is 5.58. The van der Waals surface area contributed by atoms with Crippen LogP contribution < -0.4 is 16.6 Å². The molecule has 7 heteroatoms. The van der Waals surface area contributed by atoms with Crippen LogP contribution in [0, 0.1) is 0 Å². The van der Waals surface area contributed by atoms with Gasteiger partial charge in [-0.15, -0.1) is 0 Å². The molecule has 0 fully saturated rings. The number of nitrogens with zero attached hydrogens (tertiary/aromatic N) is 2. The van der Waals surface area contributed by atoms with Gasteiger partial charge in [0.1, 0.15) is 0 Å². The first-order chi connectivity index (χ1) is 14.5. The molecule has 2 aromatic carbocycles. The average molecular weight is 406 g/mol. The molecule has 0 bridgehead atoms. The summed E-state index contributed by atoms with van der Waals surface area (Å²) in [7, 11) is 0. The van der Waals surface area contributed by atoms with E-state index < -0.39 is 6.10 Å². The Labute approximate surface area is 175 Å². The van der Waals surface area contributed by atoms with Crippen molar-refractivity contribution in [1.82, 2.24) is 9.78 Å². The van der Waals surface area contributed by atoms with Gasteiger partial charge in [0.15, 0.2) is 5.88 Å². The summed E-state index contributed by atoms with van der Waals surface area (Å²) in [5.41, 5.74) is 9.31. The summed E-state index contributed by atoms with van der Waals surface area (Å²) in [6, 6.07) is 18.2. The Hall–Kier alpha value is -3.42. The molecule has 156 valence electrons. The molecule has 0 radical (unpaired) electrons. The normalized spacial score (nSPS) is 11.7. The molecule has 0 amide bonds. The van der Waals surface area contributed by atoms with Crippen molar-refractivity contribution in [3.8, 4) is 11.3 Å². The topological polar surface area (TPSA) is 102 Å². The average Bonchev–Trinajstić information content (AvgIpc) is 2.75. The summed E-state index contributed by atoms with van der Waals surface area (Å²) in [5.74, 6) is 0.468. The number of anilines is 1. The zero-order valence-corrected chi connectivity index (χ0v) is 16.9. The summed E-state index contributed by atoms with van der Waals surface area (Å²) in [4.78, 5) is 12.3. The standard InChI is InChI=1S/C23H26N4O3/c1-3-30-16(2)25-20-6-4-5-17(13-20)15-27-23(29)12-11-21(26-27)18-7-9-19(10-8-18)22(28)14-24/h4-13,22,25,28H,2-3,14-15,24H2,1H3. The van der Waals surface area contributed by atoms with E-state index in [-0.39, 0.29) is 12.1 Å². The third-order valence-electron chi connectivity index (χ3n) is 4.54. The van der Waals surface area contributed by atoms with Gasteiger partial charge >= 0.3 is 0 Å². The molecule has 7 nitrogen and oxygen atoms in total. The van der Waals surface area contributed by atoms with E-state index in [1.165, 1.54) is 10.7 Å². The van der Waals surface area contributed by atoms with Crippen LogP contribution in [0.25, 0.3) is 11.3 Å². The van der Waals surface area contributed by atoms with Crippen molar-refractivity contribution in [2.24, 2.45) is 5.73 Å². The lowest BCUT2D eigenvalue weighted by Crippen LogP contribution is -2.22. The number of nitrogens with two attached hydrogens (primary N) is 1. The van der Waals surface area contributed by atoms with Crippen molar-refractivity contribution < 1.29 is 9.84 Å². The first-order valence-corrected chi connectivity index (χ1v) is 9.74. The summed E-state index contributed by atoms with van der Waals surface area (Å²) in [6.07, 6.45) is -0.694. The van der Waals surface area contributed by atoms with E-state index in [0.29, 0.717) is 24.7 Å². The highest BCUT2D eigenvalue weighted by Gasteiger charge is 2.08. The number of hydrogen-bond donors (Lipinski definition) is 3. The molecule has 0 aliphatic carbocycles. The van der Waals surface area contributed by atoms with E-state index >= 15 is 0 Å². The van der Waals surface area contributed by atoms with Crippen LogP contribution in [0.1, 0.15) is 24.2 Å². The summed E-state index contributed by atoms with van der Waals surface area (Å²) < 4.78 is 6.75. The monoisotopic (exact) mass is 406 g/mol. The largest absolute Gasteiger partial charge is 0.480 e. The smallest absolute Gasteiger partial charge is 0.267 e. The zero-order chi connectivity index (χ0) is 21.5. The fourth-order valence-electron chi connectivity index (χ4n) is 3.02. The van der Waals surface area contributed by atoms with Gasteiger partial charge in [-0.25, -0.2) is 4.68 Å². The molecule has 1 heterocycles. The summed E-state index contributed by atoms with van der Waals surface area (Å²) >= 11 is 0. The molecular weight excluding hydrogens is 380 g/mol. The van der Waals surface area contributed by atoms with Gasteiger partial charge in [-0.1, -0.05) is 36.4 Å². The Bertz CT molecular complexity index is 1060. The van der Waals surface area contributed by atoms with E-state index in [9.17, 15) is 9.90 Å². The number of hydrogen-bond acceptors (Lipinski definition) is 6. The third kappa shape index (κ3) is 5.34. The van der Waals surface area contributed by atoms with Crippen LogP contribution >= 0.6 is 0 Å². The number of aromatic nitrogens is 2. The van der Waals surface area contributed by atoms with Crippen molar-refractivity contribution in [2.75, 3.05) is 18.5 Å². The molecule has 0 saturated heterocycles. The van der Waals surface area contributed by atoms with E-state index in [4.69, 9.17) is 10.5 Å². The number of benzene rings is 2. The van der Waals surface area contributed by atoms with Crippen LogP contribution in [-0.4, -0.2) is 28.0 Å². The van der Waals surface area contributed by atoms with Crippen LogP contribution in [0.3, 0.4) is 0 Å².